The molecule has 0 saturated heterocycles. The third kappa shape index (κ3) is 2.08. The summed E-state index contributed by atoms with van der Waals surface area (Å²) in [6.45, 7) is 0. The largest absolute Gasteiger partial charge is 0.378 e. The molecule has 1 nitrogen and oxygen atoms in total. The van der Waals surface area contributed by atoms with Gasteiger partial charge in [0.25, 0.3) is 0 Å². The summed E-state index contributed by atoms with van der Waals surface area (Å²) in [5.74, 6) is 1.08. The van der Waals surface area contributed by atoms with Gasteiger partial charge in [-0.2, -0.15) is 0 Å². The molecule has 0 saturated carbocycles. The average molecular weight is 311 g/mol. The molecule has 0 aromatic heterocycles. The zero-order valence-corrected chi connectivity index (χ0v) is 13.7. The summed E-state index contributed by atoms with van der Waals surface area (Å²) in [7, 11) is 0. The van der Waals surface area contributed by atoms with Gasteiger partial charge in [0.1, 0.15) is 0 Å². The van der Waals surface area contributed by atoms with Crippen LogP contribution in [0.5, 0.6) is 0 Å². The SMILES string of the molecule is c1ccc([C@@H]2c3ccccc3N[C@@H]3c4ccccc4CC[C@H]23)cc1. The molecule has 1 heteroatoms. The number of anilines is 1. The van der Waals surface area contributed by atoms with Gasteiger partial charge >= 0.3 is 0 Å². The summed E-state index contributed by atoms with van der Waals surface area (Å²) < 4.78 is 0. The van der Waals surface area contributed by atoms with Crippen LogP contribution >= 0.6 is 0 Å². The predicted molar refractivity (Wildman–Crippen MR) is 99.3 cm³/mol. The first-order valence-electron chi connectivity index (χ1n) is 8.90. The fourth-order valence-corrected chi connectivity index (χ4v) is 4.71. The molecule has 1 heterocycles. The van der Waals surface area contributed by atoms with Crippen LogP contribution in [0.15, 0.2) is 78.9 Å². The van der Waals surface area contributed by atoms with E-state index in [1.807, 2.05) is 0 Å². The second kappa shape index (κ2) is 5.52. The first-order valence-corrected chi connectivity index (χ1v) is 8.90. The molecule has 0 unspecified atom stereocenters. The molecule has 3 aromatic rings. The molecule has 0 fully saturated rings. The fourth-order valence-electron chi connectivity index (χ4n) is 4.71. The second-order valence-corrected chi connectivity index (χ2v) is 7.00. The normalized spacial score (nSPS) is 24.2. The maximum Gasteiger partial charge on any atom is 0.0554 e. The molecule has 3 atom stereocenters. The Hall–Kier alpha value is -2.54. The number of hydrogen-bond acceptors (Lipinski definition) is 1. The van der Waals surface area contributed by atoms with E-state index in [1.54, 1.807) is 0 Å². The highest BCUT2D eigenvalue weighted by molar-refractivity contribution is 5.61. The molecule has 3 aromatic carbocycles. The number of rotatable bonds is 1. The lowest BCUT2D eigenvalue weighted by Crippen LogP contribution is -2.35. The van der Waals surface area contributed by atoms with Crippen molar-refractivity contribution in [1.29, 1.82) is 0 Å². The standard InChI is InChI=1S/C23H21N/c1-2-9-17(10-3-1)22-19-12-6-7-13-21(19)24-23-18-11-5-4-8-16(18)14-15-20(22)23/h1-13,20,22-24H,14-15H2/t20-,22-,23-/m1/s1. The smallest absolute Gasteiger partial charge is 0.0554 e. The van der Waals surface area contributed by atoms with Crippen LogP contribution in [0.2, 0.25) is 0 Å². The highest BCUT2D eigenvalue weighted by atomic mass is 15.0. The van der Waals surface area contributed by atoms with Crippen molar-refractivity contribution in [2.45, 2.75) is 24.8 Å². The maximum absolute atomic E-state index is 3.85. The predicted octanol–water partition coefficient (Wildman–Crippen LogP) is 5.55. The molecule has 5 rings (SSSR count). The van der Waals surface area contributed by atoms with Crippen LogP contribution in [-0.4, -0.2) is 0 Å². The van der Waals surface area contributed by atoms with E-state index < -0.39 is 0 Å². The van der Waals surface area contributed by atoms with E-state index >= 15 is 0 Å². The van der Waals surface area contributed by atoms with Crippen LogP contribution in [-0.2, 0) is 6.42 Å². The minimum atomic E-state index is 0.412. The van der Waals surface area contributed by atoms with Crippen LogP contribution in [0.1, 0.15) is 40.6 Å². The van der Waals surface area contributed by atoms with Gasteiger partial charge in [-0.15, -0.1) is 0 Å². The van der Waals surface area contributed by atoms with Crippen LogP contribution in [0.4, 0.5) is 5.69 Å². The molecular weight excluding hydrogens is 290 g/mol. The minimum Gasteiger partial charge on any atom is -0.378 e. The highest BCUT2D eigenvalue weighted by Crippen LogP contribution is 2.51. The molecular formula is C23H21N. The summed E-state index contributed by atoms with van der Waals surface area (Å²) in [5, 5.41) is 3.85. The Bertz CT molecular complexity index is 868. The fraction of sp³-hybridized carbons (Fsp3) is 0.217. The van der Waals surface area contributed by atoms with Crippen molar-refractivity contribution >= 4 is 5.69 Å². The minimum absolute atomic E-state index is 0.412. The Balaban J connectivity index is 1.69. The Morgan fingerprint density at radius 2 is 1.42 bits per heavy atom. The highest BCUT2D eigenvalue weighted by Gasteiger charge is 2.40. The quantitative estimate of drug-likeness (QED) is 0.621. The summed E-state index contributed by atoms with van der Waals surface area (Å²) in [4.78, 5) is 0. The van der Waals surface area contributed by atoms with Crippen molar-refractivity contribution in [1.82, 2.24) is 0 Å². The van der Waals surface area contributed by atoms with E-state index in [9.17, 15) is 0 Å². The Morgan fingerprint density at radius 3 is 2.29 bits per heavy atom. The van der Waals surface area contributed by atoms with Gasteiger partial charge in [-0.3, -0.25) is 0 Å². The van der Waals surface area contributed by atoms with E-state index in [1.165, 1.54) is 40.8 Å². The molecule has 1 N–H and O–H groups in total. The first-order chi connectivity index (χ1) is 11.9. The third-order valence-corrected chi connectivity index (χ3v) is 5.76. The average Bonchev–Trinajstić information content (AvgIpc) is 2.67. The molecule has 0 amide bonds. The molecule has 1 aliphatic carbocycles. The Kier molecular flexibility index (Phi) is 3.19. The molecule has 0 bridgehead atoms. The van der Waals surface area contributed by atoms with Gasteiger partial charge in [0.15, 0.2) is 0 Å². The van der Waals surface area contributed by atoms with Gasteiger partial charge in [0.2, 0.25) is 0 Å². The number of benzene rings is 3. The molecule has 1 aliphatic heterocycles. The lowest BCUT2D eigenvalue weighted by Gasteiger charge is -2.44. The summed E-state index contributed by atoms with van der Waals surface area (Å²) in [5.41, 5.74) is 7.19. The van der Waals surface area contributed by atoms with Crippen LogP contribution < -0.4 is 5.32 Å². The van der Waals surface area contributed by atoms with E-state index in [4.69, 9.17) is 0 Å². The van der Waals surface area contributed by atoms with Gasteiger partial charge in [0.05, 0.1) is 6.04 Å². The van der Waals surface area contributed by atoms with Crippen molar-refractivity contribution in [3.05, 3.63) is 101 Å². The van der Waals surface area contributed by atoms with Gasteiger partial charge in [-0.25, -0.2) is 0 Å². The summed E-state index contributed by atoms with van der Waals surface area (Å²) in [6.07, 6.45) is 2.42. The number of nitrogens with one attached hydrogen (secondary N) is 1. The Labute approximate surface area is 143 Å². The second-order valence-electron chi connectivity index (χ2n) is 7.00. The number of fused-ring (bicyclic) bond motifs is 4. The number of para-hydroxylation sites is 1. The first kappa shape index (κ1) is 13.9. The molecule has 118 valence electrons. The topological polar surface area (TPSA) is 12.0 Å². The lowest BCUT2D eigenvalue weighted by molar-refractivity contribution is 0.347. The van der Waals surface area contributed by atoms with E-state index in [-0.39, 0.29) is 0 Å². The number of hydrogen-bond donors (Lipinski definition) is 1. The molecule has 24 heavy (non-hydrogen) atoms. The van der Waals surface area contributed by atoms with Crippen molar-refractivity contribution in [2.75, 3.05) is 5.32 Å². The summed E-state index contributed by atoms with van der Waals surface area (Å²) >= 11 is 0. The van der Waals surface area contributed by atoms with E-state index in [2.05, 4.69) is 84.2 Å². The Morgan fingerprint density at radius 1 is 0.708 bits per heavy atom. The monoisotopic (exact) mass is 311 g/mol. The molecule has 0 radical (unpaired) electrons. The third-order valence-electron chi connectivity index (χ3n) is 5.76. The number of aryl methyl sites for hydroxylation is 1. The van der Waals surface area contributed by atoms with E-state index in [0.29, 0.717) is 17.9 Å². The summed E-state index contributed by atoms with van der Waals surface area (Å²) in [6, 6.07) is 29.3. The zero-order valence-electron chi connectivity index (χ0n) is 13.7. The van der Waals surface area contributed by atoms with Crippen molar-refractivity contribution in [2.24, 2.45) is 5.92 Å². The molecule has 2 aliphatic rings. The van der Waals surface area contributed by atoms with Crippen molar-refractivity contribution in [3.8, 4) is 0 Å². The molecule has 0 spiro atoms. The van der Waals surface area contributed by atoms with Gasteiger partial charge in [-0.1, -0.05) is 72.8 Å². The van der Waals surface area contributed by atoms with Gasteiger partial charge < -0.3 is 5.32 Å². The van der Waals surface area contributed by atoms with E-state index in [0.717, 1.165) is 0 Å². The van der Waals surface area contributed by atoms with Crippen LogP contribution in [0.3, 0.4) is 0 Å². The van der Waals surface area contributed by atoms with Crippen molar-refractivity contribution in [3.63, 3.8) is 0 Å². The zero-order chi connectivity index (χ0) is 15.9. The van der Waals surface area contributed by atoms with Crippen LogP contribution in [0.25, 0.3) is 0 Å². The van der Waals surface area contributed by atoms with Gasteiger partial charge in [0, 0.05) is 11.6 Å². The maximum atomic E-state index is 3.85. The van der Waals surface area contributed by atoms with Gasteiger partial charge in [-0.05, 0) is 47.1 Å². The lowest BCUT2D eigenvalue weighted by atomic mass is 9.66. The van der Waals surface area contributed by atoms with Crippen molar-refractivity contribution < 1.29 is 0 Å². The van der Waals surface area contributed by atoms with Crippen LogP contribution in [0, 0.1) is 5.92 Å².